The molecule has 14 heavy (non-hydrogen) atoms. The van der Waals surface area contributed by atoms with Crippen molar-refractivity contribution in [2.24, 2.45) is 0 Å². The first-order valence-electron chi connectivity index (χ1n) is 4.89. The van der Waals surface area contributed by atoms with Crippen LogP contribution in [0, 0.1) is 0 Å². The van der Waals surface area contributed by atoms with Gasteiger partial charge in [0.05, 0.1) is 4.88 Å². The minimum atomic E-state index is -0.385. The van der Waals surface area contributed by atoms with E-state index in [0.717, 1.165) is 22.2 Å². The molecule has 3 heteroatoms. The maximum atomic E-state index is 10.1. The highest BCUT2D eigenvalue weighted by Crippen LogP contribution is 2.36. The van der Waals surface area contributed by atoms with Gasteiger partial charge in [0.25, 0.3) is 0 Å². The zero-order valence-corrected chi connectivity index (χ0v) is 10.3. The van der Waals surface area contributed by atoms with E-state index in [2.05, 4.69) is 22.0 Å². The molecule has 0 spiro atoms. The predicted octanol–water partition coefficient (Wildman–Crippen LogP) is 4.04. The quantitative estimate of drug-likeness (QED) is 0.806. The zero-order chi connectivity index (χ0) is 9.97. The van der Waals surface area contributed by atoms with Crippen LogP contribution in [0.1, 0.15) is 36.7 Å². The molecule has 1 unspecified atom stereocenters. The number of aliphatic hydroxyl groups is 1. The molecule has 1 aromatic heterocycles. The summed E-state index contributed by atoms with van der Waals surface area (Å²) in [6.07, 6.45) is 6.46. The summed E-state index contributed by atoms with van der Waals surface area (Å²) in [7, 11) is 0. The lowest BCUT2D eigenvalue weighted by Gasteiger charge is -2.17. The molecule has 1 aliphatic rings. The van der Waals surface area contributed by atoms with Crippen LogP contribution in [0.2, 0.25) is 0 Å². The molecule has 0 bridgehead atoms. The van der Waals surface area contributed by atoms with Gasteiger partial charge in [-0.15, -0.1) is 11.3 Å². The fraction of sp³-hybridized carbons (Fsp3) is 0.455. The lowest BCUT2D eigenvalue weighted by Crippen LogP contribution is -2.03. The molecule has 1 aliphatic carbocycles. The molecule has 1 N–H and O–H groups in total. The Morgan fingerprint density at radius 3 is 2.86 bits per heavy atom. The van der Waals surface area contributed by atoms with Gasteiger partial charge in [0.15, 0.2) is 0 Å². The average molecular weight is 273 g/mol. The van der Waals surface area contributed by atoms with E-state index in [1.807, 2.05) is 11.4 Å². The van der Waals surface area contributed by atoms with Crippen LogP contribution < -0.4 is 0 Å². The normalized spacial score (nSPS) is 19.1. The van der Waals surface area contributed by atoms with Gasteiger partial charge in [0.2, 0.25) is 0 Å². The van der Waals surface area contributed by atoms with E-state index in [9.17, 15) is 5.11 Å². The Kier molecular flexibility index (Phi) is 3.42. The summed E-state index contributed by atoms with van der Waals surface area (Å²) in [5.41, 5.74) is 1.19. The van der Waals surface area contributed by atoms with Gasteiger partial charge in [-0.3, -0.25) is 0 Å². The molecule has 1 heterocycles. The van der Waals surface area contributed by atoms with Crippen LogP contribution in [0.15, 0.2) is 27.6 Å². The fourth-order valence-corrected chi connectivity index (χ4v) is 3.40. The minimum Gasteiger partial charge on any atom is -0.383 e. The van der Waals surface area contributed by atoms with Crippen LogP contribution in [-0.4, -0.2) is 5.11 Å². The fourth-order valence-electron chi connectivity index (χ4n) is 1.78. The van der Waals surface area contributed by atoms with Gasteiger partial charge in [0.1, 0.15) is 6.10 Å². The number of thiophene rings is 1. The average Bonchev–Trinajstić information content (AvgIpc) is 2.65. The van der Waals surface area contributed by atoms with Gasteiger partial charge in [-0.25, -0.2) is 0 Å². The summed E-state index contributed by atoms with van der Waals surface area (Å²) < 4.78 is 1.03. The van der Waals surface area contributed by atoms with E-state index in [-0.39, 0.29) is 6.10 Å². The maximum absolute atomic E-state index is 10.1. The lowest BCUT2D eigenvalue weighted by molar-refractivity contribution is 0.211. The van der Waals surface area contributed by atoms with Crippen molar-refractivity contribution >= 4 is 27.3 Å². The number of halogens is 1. The molecule has 0 aliphatic heterocycles. The standard InChI is InChI=1S/C11H13BrOS/c12-9-6-7-14-11(9)10(13)8-4-2-1-3-5-8/h4,6-7,10,13H,1-3,5H2. The van der Waals surface area contributed by atoms with Gasteiger partial charge in [-0.2, -0.15) is 0 Å². The topological polar surface area (TPSA) is 20.2 Å². The molecule has 0 aromatic carbocycles. The Morgan fingerprint density at radius 1 is 1.43 bits per heavy atom. The van der Waals surface area contributed by atoms with Crippen molar-refractivity contribution in [2.75, 3.05) is 0 Å². The minimum absolute atomic E-state index is 0.385. The van der Waals surface area contributed by atoms with Crippen molar-refractivity contribution in [1.29, 1.82) is 0 Å². The van der Waals surface area contributed by atoms with Gasteiger partial charge in [-0.05, 0) is 58.6 Å². The van der Waals surface area contributed by atoms with Crippen LogP contribution in [0.25, 0.3) is 0 Å². The first-order chi connectivity index (χ1) is 6.79. The van der Waals surface area contributed by atoms with E-state index >= 15 is 0 Å². The van der Waals surface area contributed by atoms with Crippen molar-refractivity contribution in [3.8, 4) is 0 Å². The Balaban J connectivity index is 2.19. The Morgan fingerprint density at radius 2 is 2.29 bits per heavy atom. The molecule has 0 saturated heterocycles. The largest absolute Gasteiger partial charge is 0.383 e. The summed E-state index contributed by atoms with van der Waals surface area (Å²) in [5.74, 6) is 0. The molecule has 0 saturated carbocycles. The third-order valence-corrected chi connectivity index (χ3v) is 4.49. The van der Waals surface area contributed by atoms with Crippen LogP contribution >= 0.6 is 27.3 Å². The summed E-state index contributed by atoms with van der Waals surface area (Å²) in [5, 5.41) is 12.1. The molecule has 1 aromatic rings. The van der Waals surface area contributed by atoms with Crippen molar-refractivity contribution in [1.82, 2.24) is 0 Å². The SMILES string of the molecule is OC(C1=CCCCC1)c1sccc1Br. The Labute approximate surface area is 96.6 Å². The summed E-state index contributed by atoms with van der Waals surface area (Å²) in [6, 6.07) is 1.99. The monoisotopic (exact) mass is 272 g/mol. The molecule has 0 radical (unpaired) electrons. The molecule has 0 fully saturated rings. The molecule has 1 atom stereocenters. The molecular formula is C11H13BrOS. The predicted molar refractivity (Wildman–Crippen MR) is 63.5 cm³/mol. The van der Waals surface area contributed by atoms with Crippen LogP contribution in [0.4, 0.5) is 0 Å². The number of hydrogen-bond donors (Lipinski definition) is 1. The van der Waals surface area contributed by atoms with E-state index in [1.165, 1.54) is 18.4 Å². The van der Waals surface area contributed by atoms with Crippen LogP contribution in [0.5, 0.6) is 0 Å². The first kappa shape index (κ1) is 10.4. The van der Waals surface area contributed by atoms with Crippen LogP contribution in [-0.2, 0) is 0 Å². The number of rotatable bonds is 2. The van der Waals surface area contributed by atoms with Crippen molar-refractivity contribution in [2.45, 2.75) is 31.8 Å². The molecule has 76 valence electrons. The second-order valence-electron chi connectivity index (χ2n) is 3.56. The summed E-state index contributed by atoms with van der Waals surface area (Å²) in [4.78, 5) is 1.04. The zero-order valence-electron chi connectivity index (χ0n) is 7.87. The van der Waals surface area contributed by atoms with Crippen molar-refractivity contribution < 1.29 is 5.11 Å². The smallest absolute Gasteiger partial charge is 0.110 e. The summed E-state index contributed by atoms with van der Waals surface area (Å²) in [6.45, 7) is 0. The molecule has 2 rings (SSSR count). The van der Waals surface area contributed by atoms with E-state index in [0.29, 0.717) is 0 Å². The van der Waals surface area contributed by atoms with E-state index in [4.69, 9.17) is 0 Å². The third kappa shape index (κ3) is 2.10. The highest BCUT2D eigenvalue weighted by molar-refractivity contribution is 9.10. The Hall–Kier alpha value is -0.120. The maximum Gasteiger partial charge on any atom is 0.110 e. The third-order valence-electron chi connectivity index (χ3n) is 2.57. The van der Waals surface area contributed by atoms with Crippen molar-refractivity contribution in [3.63, 3.8) is 0 Å². The van der Waals surface area contributed by atoms with Crippen molar-refractivity contribution in [3.05, 3.63) is 32.4 Å². The molecule has 1 nitrogen and oxygen atoms in total. The highest BCUT2D eigenvalue weighted by atomic mass is 79.9. The summed E-state index contributed by atoms with van der Waals surface area (Å²) >= 11 is 5.07. The van der Waals surface area contributed by atoms with Gasteiger partial charge in [-0.1, -0.05) is 6.08 Å². The molecule has 0 amide bonds. The first-order valence-corrected chi connectivity index (χ1v) is 6.56. The van der Waals surface area contributed by atoms with Gasteiger partial charge in [0, 0.05) is 4.47 Å². The number of allylic oxidation sites excluding steroid dienone is 1. The number of aliphatic hydroxyl groups excluding tert-OH is 1. The van der Waals surface area contributed by atoms with E-state index < -0.39 is 0 Å². The van der Waals surface area contributed by atoms with E-state index in [1.54, 1.807) is 11.3 Å². The molecular weight excluding hydrogens is 260 g/mol. The highest BCUT2D eigenvalue weighted by Gasteiger charge is 2.18. The number of hydrogen-bond acceptors (Lipinski definition) is 2. The second kappa shape index (κ2) is 4.60. The lowest BCUT2D eigenvalue weighted by atomic mass is 9.95. The van der Waals surface area contributed by atoms with Gasteiger partial charge < -0.3 is 5.11 Å². The van der Waals surface area contributed by atoms with Crippen LogP contribution in [0.3, 0.4) is 0 Å². The van der Waals surface area contributed by atoms with Gasteiger partial charge >= 0.3 is 0 Å². The second-order valence-corrected chi connectivity index (χ2v) is 5.36. The Bertz CT molecular complexity index is 343.